The van der Waals surface area contributed by atoms with E-state index in [1.54, 1.807) is 11.3 Å². The summed E-state index contributed by atoms with van der Waals surface area (Å²) in [5.41, 5.74) is 0. The monoisotopic (exact) mass is 256 g/mol. The molecule has 0 aliphatic heterocycles. The summed E-state index contributed by atoms with van der Waals surface area (Å²) in [7, 11) is 0. The van der Waals surface area contributed by atoms with Crippen molar-refractivity contribution in [3.8, 4) is 0 Å². The van der Waals surface area contributed by atoms with Crippen molar-refractivity contribution in [2.45, 2.75) is 25.9 Å². The molecule has 2 atom stereocenters. The third-order valence-corrected chi connectivity index (χ3v) is 3.33. The summed E-state index contributed by atoms with van der Waals surface area (Å²) < 4.78 is 0. The predicted molar refractivity (Wildman–Crippen MR) is 66.0 cm³/mol. The molecule has 94 valence electrons. The van der Waals surface area contributed by atoms with E-state index in [9.17, 15) is 9.59 Å². The SMILES string of the molecule is CC(=O)NC(CN[C@@H](C)c1cccs1)C(=O)O. The molecule has 1 aromatic heterocycles. The highest BCUT2D eigenvalue weighted by atomic mass is 32.1. The van der Waals surface area contributed by atoms with Crippen molar-refractivity contribution < 1.29 is 14.7 Å². The lowest BCUT2D eigenvalue weighted by atomic mass is 10.2. The molecular formula is C11H16N2O3S. The molecule has 3 N–H and O–H groups in total. The number of nitrogens with one attached hydrogen (secondary N) is 2. The van der Waals surface area contributed by atoms with Gasteiger partial charge in [-0.2, -0.15) is 0 Å². The van der Waals surface area contributed by atoms with Crippen molar-refractivity contribution in [1.29, 1.82) is 0 Å². The van der Waals surface area contributed by atoms with Crippen molar-refractivity contribution in [1.82, 2.24) is 10.6 Å². The second-order valence-electron chi connectivity index (χ2n) is 3.74. The Morgan fingerprint density at radius 2 is 2.24 bits per heavy atom. The number of amides is 1. The van der Waals surface area contributed by atoms with Gasteiger partial charge in [0, 0.05) is 24.4 Å². The van der Waals surface area contributed by atoms with Crippen LogP contribution in [-0.2, 0) is 9.59 Å². The first-order valence-corrected chi connectivity index (χ1v) is 6.15. The van der Waals surface area contributed by atoms with Crippen LogP contribution in [0.25, 0.3) is 0 Å². The average molecular weight is 256 g/mol. The first-order chi connectivity index (χ1) is 8.00. The first kappa shape index (κ1) is 13.7. The molecular weight excluding hydrogens is 240 g/mol. The van der Waals surface area contributed by atoms with Crippen molar-refractivity contribution in [3.05, 3.63) is 22.4 Å². The van der Waals surface area contributed by atoms with Gasteiger partial charge in [0.05, 0.1) is 0 Å². The van der Waals surface area contributed by atoms with Crippen molar-refractivity contribution in [2.75, 3.05) is 6.54 Å². The van der Waals surface area contributed by atoms with Crippen LogP contribution < -0.4 is 10.6 Å². The lowest BCUT2D eigenvalue weighted by molar-refractivity contribution is -0.141. The Kier molecular flexibility index (Phi) is 5.11. The predicted octanol–water partition coefficient (Wildman–Crippen LogP) is 0.988. The summed E-state index contributed by atoms with van der Waals surface area (Å²) in [6, 6.07) is 3.11. The zero-order valence-electron chi connectivity index (χ0n) is 9.77. The Labute approximate surface area is 104 Å². The molecule has 0 spiro atoms. The summed E-state index contributed by atoms with van der Waals surface area (Å²) in [4.78, 5) is 22.8. The molecule has 0 aromatic carbocycles. The zero-order chi connectivity index (χ0) is 12.8. The lowest BCUT2D eigenvalue weighted by Gasteiger charge is -2.17. The first-order valence-electron chi connectivity index (χ1n) is 5.27. The molecule has 17 heavy (non-hydrogen) atoms. The van der Waals surface area contributed by atoms with E-state index in [1.165, 1.54) is 6.92 Å². The normalized spacial score (nSPS) is 14.0. The van der Waals surface area contributed by atoms with Crippen molar-refractivity contribution in [2.24, 2.45) is 0 Å². The minimum Gasteiger partial charge on any atom is -0.480 e. The Hall–Kier alpha value is -1.40. The minimum atomic E-state index is -1.04. The fraction of sp³-hybridized carbons (Fsp3) is 0.455. The molecule has 0 aliphatic rings. The molecule has 0 fully saturated rings. The van der Waals surface area contributed by atoms with Crippen LogP contribution in [0.5, 0.6) is 0 Å². The summed E-state index contributed by atoms with van der Waals surface area (Å²) in [5, 5.41) is 16.4. The molecule has 0 radical (unpaired) electrons. The van der Waals surface area contributed by atoms with Gasteiger partial charge in [0.2, 0.25) is 5.91 Å². The molecule has 0 saturated carbocycles. The van der Waals surface area contributed by atoms with Gasteiger partial charge in [0.1, 0.15) is 6.04 Å². The number of rotatable bonds is 6. The Morgan fingerprint density at radius 3 is 2.71 bits per heavy atom. The molecule has 1 heterocycles. The van der Waals surface area contributed by atoms with Gasteiger partial charge in [-0.1, -0.05) is 6.07 Å². The highest BCUT2D eigenvalue weighted by Gasteiger charge is 2.19. The van der Waals surface area contributed by atoms with E-state index in [2.05, 4.69) is 10.6 Å². The number of carboxylic acid groups (broad SMARTS) is 1. The van der Waals surface area contributed by atoms with E-state index in [0.717, 1.165) is 4.88 Å². The fourth-order valence-electron chi connectivity index (χ4n) is 1.38. The van der Waals surface area contributed by atoms with Crippen LogP contribution in [-0.4, -0.2) is 29.6 Å². The molecule has 5 nitrogen and oxygen atoms in total. The number of carbonyl (C=O) groups excluding carboxylic acids is 1. The second kappa shape index (κ2) is 6.36. The van der Waals surface area contributed by atoms with Gasteiger partial charge in [-0.3, -0.25) is 4.79 Å². The van der Waals surface area contributed by atoms with Gasteiger partial charge in [-0.25, -0.2) is 4.79 Å². The van der Waals surface area contributed by atoms with E-state index in [0.29, 0.717) is 0 Å². The third-order valence-electron chi connectivity index (χ3n) is 2.27. The number of aliphatic carboxylic acids is 1. The molecule has 6 heteroatoms. The van der Waals surface area contributed by atoms with Crippen LogP contribution >= 0.6 is 11.3 Å². The Morgan fingerprint density at radius 1 is 1.53 bits per heavy atom. The van der Waals surface area contributed by atoms with Crippen LogP contribution in [0.2, 0.25) is 0 Å². The molecule has 0 bridgehead atoms. The standard InChI is InChI=1S/C11H16N2O3S/c1-7(10-4-3-5-17-10)12-6-9(11(15)16)13-8(2)14/h3-5,7,9,12H,6H2,1-2H3,(H,13,14)(H,15,16)/t7-,9?/m0/s1. The number of carboxylic acids is 1. The number of hydrogen-bond donors (Lipinski definition) is 3. The molecule has 0 saturated heterocycles. The van der Waals surface area contributed by atoms with Crippen LogP contribution in [0.3, 0.4) is 0 Å². The van der Waals surface area contributed by atoms with E-state index in [4.69, 9.17) is 5.11 Å². The number of carbonyl (C=O) groups is 2. The van der Waals surface area contributed by atoms with Crippen molar-refractivity contribution in [3.63, 3.8) is 0 Å². The van der Waals surface area contributed by atoms with Gasteiger partial charge in [0.25, 0.3) is 0 Å². The summed E-state index contributed by atoms with van der Waals surface area (Å²) >= 11 is 1.61. The Bertz CT molecular complexity index is 378. The van der Waals surface area contributed by atoms with Crippen LogP contribution in [0.15, 0.2) is 17.5 Å². The molecule has 0 aliphatic carbocycles. The van der Waals surface area contributed by atoms with Crippen molar-refractivity contribution >= 4 is 23.2 Å². The Balaban J connectivity index is 2.46. The van der Waals surface area contributed by atoms with E-state index >= 15 is 0 Å². The van der Waals surface area contributed by atoms with E-state index in [1.807, 2.05) is 24.4 Å². The molecule has 1 unspecified atom stereocenters. The van der Waals surface area contributed by atoms with Gasteiger partial charge >= 0.3 is 5.97 Å². The molecule has 1 amide bonds. The van der Waals surface area contributed by atoms with E-state index < -0.39 is 12.0 Å². The van der Waals surface area contributed by atoms with Gasteiger partial charge in [0.15, 0.2) is 0 Å². The fourth-order valence-corrected chi connectivity index (χ4v) is 2.14. The van der Waals surface area contributed by atoms with Crippen LogP contribution in [0.4, 0.5) is 0 Å². The average Bonchev–Trinajstić information content (AvgIpc) is 2.76. The highest BCUT2D eigenvalue weighted by Crippen LogP contribution is 2.17. The minimum absolute atomic E-state index is 0.0746. The maximum absolute atomic E-state index is 10.9. The molecule has 1 rings (SSSR count). The van der Waals surface area contributed by atoms with Crippen LogP contribution in [0.1, 0.15) is 24.8 Å². The quantitative estimate of drug-likeness (QED) is 0.709. The number of hydrogen-bond acceptors (Lipinski definition) is 4. The summed E-state index contributed by atoms with van der Waals surface area (Å²) in [6.07, 6.45) is 0. The lowest BCUT2D eigenvalue weighted by Crippen LogP contribution is -2.46. The van der Waals surface area contributed by atoms with Gasteiger partial charge < -0.3 is 15.7 Å². The summed E-state index contributed by atoms with van der Waals surface area (Å²) in [5.74, 6) is -1.38. The van der Waals surface area contributed by atoms with Gasteiger partial charge in [-0.15, -0.1) is 11.3 Å². The summed E-state index contributed by atoms with van der Waals surface area (Å²) in [6.45, 7) is 3.46. The second-order valence-corrected chi connectivity index (χ2v) is 4.72. The maximum Gasteiger partial charge on any atom is 0.327 e. The highest BCUT2D eigenvalue weighted by molar-refractivity contribution is 7.10. The third kappa shape index (κ3) is 4.54. The molecule has 1 aromatic rings. The largest absolute Gasteiger partial charge is 0.480 e. The zero-order valence-corrected chi connectivity index (χ0v) is 10.6. The van der Waals surface area contributed by atoms with E-state index in [-0.39, 0.29) is 18.5 Å². The van der Waals surface area contributed by atoms with Gasteiger partial charge in [-0.05, 0) is 18.4 Å². The smallest absolute Gasteiger partial charge is 0.327 e. The van der Waals surface area contributed by atoms with Crippen LogP contribution in [0, 0.1) is 0 Å². The number of thiophene rings is 1. The topological polar surface area (TPSA) is 78.4 Å². The maximum atomic E-state index is 10.9.